The van der Waals surface area contributed by atoms with E-state index in [1.165, 1.54) is 41.6 Å². The summed E-state index contributed by atoms with van der Waals surface area (Å²) in [5.41, 5.74) is 2.12. The average Bonchev–Trinajstić information content (AvgIpc) is 2.66. The van der Waals surface area contributed by atoms with Crippen LogP contribution in [0.3, 0.4) is 0 Å². The van der Waals surface area contributed by atoms with Crippen LogP contribution in [0.2, 0.25) is 5.02 Å². The highest BCUT2D eigenvalue weighted by molar-refractivity contribution is 6.30. The van der Waals surface area contributed by atoms with Crippen LogP contribution in [0, 0.1) is 12.7 Å². The van der Waals surface area contributed by atoms with Crippen molar-refractivity contribution in [1.82, 2.24) is 14.6 Å². The summed E-state index contributed by atoms with van der Waals surface area (Å²) in [5, 5.41) is 10.4. The number of rotatable bonds is 3. The molecule has 1 aromatic carbocycles. The molecule has 6 nitrogen and oxygen atoms in total. The fourth-order valence-corrected chi connectivity index (χ4v) is 2.76. The SMILES string of the molecule is Cc1cnc(-c2cc(Cl)ccc2F)cc1N=c1ccn(O)cc1C(=O)N(C)C. The van der Waals surface area contributed by atoms with Crippen molar-refractivity contribution in [2.75, 3.05) is 14.1 Å². The van der Waals surface area contributed by atoms with Crippen LogP contribution in [0.4, 0.5) is 10.1 Å². The molecule has 0 spiro atoms. The zero-order valence-corrected chi connectivity index (χ0v) is 16.3. The number of carbonyl (C=O) groups excluding carboxylic acids is 1. The Bertz CT molecular complexity index is 1130. The van der Waals surface area contributed by atoms with Crippen molar-refractivity contribution in [1.29, 1.82) is 0 Å². The van der Waals surface area contributed by atoms with Crippen molar-refractivity contribution in [3.05, 3.63) is 76.2 Å². The van der Waals surface area contributed by atoms with Gasteiger partial charge in [-0.25, -0.2) is 14.1 Å². The lowest BCUT2D eigenvalue weighted by atomic mass is 10.1. The molecule has 0 saturated heterocycles. The standard InChI is InChI=1S/C20H18ClFN4O2/c1-12-10-23-19(14-8-13(21)4-5-16(14)22)9-18(12)24-17-6-7-26(28)11-15(17)20(27)25(2)3/h4-11,28H,1-3H3. The van der Waals surface area contributed by atoms with E-state index < -0.39 is 5.82 Å². The molecule has 0 fully saturated rings. The van der Waals surface area contributed by atoms with Crippen LogP contribution in [0.25, 0.3) is 11.3 Å². The first kappa shape index (κ1) is 19.6. The quantitative estimate of drug-likeness (QED) is 0.679. The van der Waals surface area contributed by atoms with Gasteiger partial charge < -0.3 is 10.1 Å². The zero-order valence-electron chi connectivity index (χ0n) is 15.5. The summed E-state index contributed by atoms with van der Waals surface area (Å²) in [4.78, 5) is 22.6. The smallest absolute Gasteiger partial charge is 0.257 e. The molecule has 2 aromatic heterocycles. The third kappa shape index (κ3) is 4.04. The number of hydrogen-bond donors (Lipinski definition) is 1. The van der Waals surface area contributed by atoms with Gasteiger partial charge in [0.05, 0.1) is 28.5 Å². The summed E-state index contributed by atoms with van der Waals surface area (Å²) in [7, 11) is 3.22. The Morgan fingerprint density at radius 2 is 2.04 bits per heavy atom. The van der Waals surface area contributed by atoms with Gasteiger partial charge in [-0.3, -0.25) is 9.78 Å². The monoisotopic (exact) mass is 400 g/mol. The van der Waals surface area contributed by atoms with Crippen molar-refractivity contribution in [3.8, 4) is 11.3 Å². The molecule has 0 aliphatic heterocycles. The van der Waals surface area contributed by atoms with E-state index in [4.69, 9.17) is 11.6 Å². The molecule has 0 aliphatic carbocycles. The Hall–Kier alpha value is -3.19. The van der Waals surface area contributed by atoms with Gasteiger partial charge in [-0.1, -0.05) is 11.6 Å². The lowest BCUT2D eigenvalue weighted by molar-refractivity contribution is 0.0820. The predicted octanol–water partition coefficient (Wildman–Crippen LogP) is 3.82. The topological polar surface area (TPSA) is 70.7 Å². The van der Waals surface area contributed by atoms with Gasteiger partial charge in [-0.2, -0.15) is 0 Å². The number of carbonyl (C=O) groups is 1. The van der Waals surface area contributed by atoms with E-state index in [1.54, 1.807) is 26.4 Å². The number of benzene rings is 1. The van der Waals surface area contributed by atoms with E-state index in [2.05, 4.69) is 9.98 Å². The fraction of sp³-hybridized carbons (Fsp3) is 0.150. The molecule has 8 heteroatoms. The van der Waals surface area contributed by atoms with Crippen LogP contribution < -0.4 is 5.36 Å². The number of amides is 1. The summed E-state index contributed by atoms with van der Waals surface area (Å²) in [5.74, 6) is -0.758. The minimum Gasteiger partial charge on any atom is -0.429 e. The van der Waals surface area contributed by atoms with Gasteiger partial charge in [0.25, 0.3) is 5.91 Å². The molecule has 3 aromatic rings. The number of aryl methyl sites for hydroxylation is 1. The van der Waals surface area contributed by atoms with E-state index in [0.29, 0.717) is 21.8 Å². The molecule has 0 aliphatic rings. The lowest BCUT2D eigenvalue weighted by Crippen LogP contribution is -2.28. The first-order valence-electron chi connectivity index (χ1n) is 8.36. The van der Waals surface area contributed by atoms with E-state index in [9.17, 15) is 14.4 Å². The van der Waals surface area contributed by atoms with Crippen molar-refractivity contribution >= 4 is 23.2 Å². The van der Waals surface area contributed by atoms with E-state index >= 15 is 0 Å². The molecular formula is C20H18ClFN4O2. The zero-order chi connectivity index (χ0) is 20.4. The molecule has 3 rings (SSSR count). The molecule has 0 unspecified atom stereocenters. The Labute approximate surface area is 166 Å². The Balaban J connectivity index is 2.18. The van der Waals surface area contributed by atoms with E-state index in [-0.39, 0.29) is 17.0 Å². The second-order valence-corrected chi connectivity index (χ2v) is 6.85. The predicted molar refractivity (Wildman–Crippen MR) is 104 cm³/mol. The lowest BCUT2D eigenvalue weighted by Gasteiger charge is -2.11. The highest BCUT2D eigenvalue weighted by Gasteiger charge is 2.13. The highest BCUT2D eigenvalue weighted by Crippen LogP contribution is 2.28. The molecule has 28 heavy (non-hydrogen) atoms. The Morgan fingerprint density at radius 3 is 2.75 bits per heavy atom. The molecule has 0 atom stereocenters. The summed E-state index contributed by atoms with van der Waals surface area (Å²) >= 11 is 5.98. The van der Waals surface area contributed by atoms with Crippen LogP contribution in [0.1, 0.15) is 15.9 Å². The van der Waals surface area contributed by atoms with Gasteiger partial charge in [0.15, 0.2) is 0 Å². The van der Waals surface area contributed by atoms with Gasteiger partial charge in [-0.15, -0.1) is 0 Å². The van der Waals surface area contributed by atoms with Gasteiger partial charge in [0.2, 0.25) is 0 Å². The molecular weight excluding hydrogens is 383 g/mol. The number of hydrogen-bond acceptors (Lipinski definition) is 4. The number of pyridine rings is 2. The van der Waals surface area contributed by atoms with Gasteiger partial charge in [-0.05, 0) is 42.8 Å². The Kier molecular flexibility index (Phi) is 5.46. The molecule has 0 radical (unpaired) electrons. The van der Waals surface area contributed by atoms with Crippen molar-refractivity contribution in [3.63, 3.8) is 0 Å². The maximum Gasteiger partial charge on any atom is 0.257 e. The largest absolute Gasteiger partial charge is 0.429 e. The summed E-state index contributed by atoms with van der Waals surface area (Å²) in [6.07, 6.45) is 4.24. The highest BCUT2D eigenvalue weighted by atomic mass is 35.5. The van der Waals surface area contributed by atoms with Gasteiger partial charge in [0.1, 0.15) is 5.82 Å². The van der Waals surface area contributed by atoms with Gasteiger partial charge >= 0.3 is 0 Å². The van der Waals surface area contributed by atoms with Crippen molar-refractivity contribution in [2.45, 2.75) is 6.92 Å². The van der Waals surface area contributed by atoms with E-state index in [1.807, 2.05) is 6.92 Å². The first-order valence-corrected chi connectivity index (χ1v) is 8.74. The summed E-state index contributed by atoms with van der Waals surface area (Å²) in [6.45, 7) is 1.81. The average molecular weight is 401 g/mol. The molecule has 0 bridgehead atoms. The molecule has 144 valence electrons. The second kappa shape index (κ2) is 7.82. The Morgan fingerprint density at radius 1 is 1.29 bits per heavy atom. The second-order valence-electron chi connectivity index (χ2n) is 6.42. The minimum absolute atomic E-state index is 0.224. The molecule has 0 saturated carbocycles. The number of aromatic nitrogens is 2. The maximum absolute atomic E-state index is 14.2. The van der Waals surface area contributed by atoms with Crippen molar-refractivity contribution < 1.29 is 14.4 Å². The van der Waals surface area contributed by atoms with Crippen molar-refractivity contribution in [2.24, 2.45) is 4.99 Å². The molecule has 1 N–H and O–H groups in total. The van der Waals surface area contributed by atoms with E-state index in [0.717, 1.165) is 10.3 Å². The maximum atomic E-state index is 14.2. The minimum atomic E-state index is -0.448. The molecule has 1 amide bonds. The summed E-state index contributed by atoms with van der Waals surface area (Å²) < 4.78 is 15.0. The molecule has 2 heterocycles. The van der Waals surface area contributed by atoms with Crippen LogP contribution in [-0.4, -0.2) is 39.8 Å². The third-order valence-corrected chi connectivity index (χ3v) is 4.31. The normalized spacial score (nSPS) is 11.5. The van der Waals surface area contributed by atoms with Crippen LogP contribution in [0.5, 0.6) is 0 Å². The van der Waals surface area contributed by atoms with Crippen LogP contribution in [-0.2, 0) is 0 Å². The third-order valence-electron chi connectivity index (χ3n) is 4.08. The van der Waals surface area contributed by atoms with Crippen LogP contribution >= 0.6 is 11.6 Å². The first-order chi connectivity index (χ1) is 13.3. The number of halogens is 2. The van der Waals surface area contributed by atoms with Crippen LogP contribution in [0.15, 0.2) is 53.9 Å². The summed E-state index contributed by atoms with van der Waals surface area (Å²) in [6, 6.07) is 7.40. The van der Waals surface area contributed by atoms with Gasteiger partial charge in [0, 0.05) is 37.1 Å². The number of nitrogens with zero attached hydrogens (tertiary/aromatic N) is 4. The fourth-order valence-electron chi connectivity index (χ4n) is 2.59.